The minimum absolute atomic E-state index is 0.0519. The highest BCUT2D eigenvalue weighted by atomic mass is 35.5. The van der Waals surface area contributed by atoms with Gasteiger partial charge in [0.25, 0.3) is 0 Å². The Balaban J connectivity index is 2.56. The van der Waals surface area contributed by atoms with E-state index in [0.717, 1.165) is 6.42 Å². The van der Waals surface area contributed by atoms with E-state index < -0.39 is 8.80 Å². The molecule has 0 radical (unpaired) electrons. The summed E-state index contributed by atoms with van der Waals surface area (Å²) in [6, 6.07) is 10.7. The second-order valence-corrected chi connectivity index (χ2v) is 7.40. The van der Waals surface area contributed by atoms with Crippen molar-refractivity contribution >= 4 is 20.4 Å². The van der Waals surface area contributed by atoms with E-state index in [-0.39, 0.29) is 5.38 Å². The van der Waals surface area contributed by atoms with Gasteiger partial charge < -0.3 is 13.3 Å². The van der Waals surface area contributed by atoms with Gasteiger partial charge in [0.15, 0.2) is 0 Å². The lowest BCUT2D eigenvalue weighted by Crippen LogP contribution is -2.45. The van der Waals surface area contributed by atoms with Gasteiger partial charge in [0.1, 0.15) is 0 Å². The molecule has 0 aromatic heterocycles. The highest BCUT2D eigenvalue weighted by Gasteiger charge is 2.40. The van der Waals surface area contributed by atoms with E-state index in [9.17, 15) is 0 Å². The predicted molar refractivity (Wildman–Crippen MR) is 71.4 cm³/mol. The van der Waals surface area contributed by atoms with Crippen molar-refractivity contribution < 1.29 is 13.3 Å². The first-order valence-corrected chi connectivity index (χ1v) is 7.86. The van der Waals surface area contributed by atoms with Gasteiger partial charge in [0.2, 0.25) is 0 Å². The molecule has 96 valence electrons. The van der Waals surface area contributed by atoms with E-state index in [2.05, 4.69) is 12.1 Å². The van der Waals surface area contributed by atoms with E-state index in [1.54, 1.807) is 21.3 Å². The summed E-state index contributed by atoms with van der Waals surface area (Å²) >= 11 is 6.33. The van der Waals surface area contributed by atoms with Crippen LogP contribution >= 0.6 is 11.6 Å². The fourth-order valence-corrected chi connectivity index (χ4v) is 4.15. The normalized spacial score (nSPS) is 13.6. The minimum Gasteiger partial charge on any atom is -0.377 e. The SMILES string of the molecule is CO[Si](CC(Cl)Cc1ccccc1)(OC)OC. The Morgan fingerprint density at radius 2 is 1.59 bits per heavy atom. The number of rotatable bonds is 7. The van der Waals surface area contributed by atoms with Gasteiger partial charge in [-0.2, -0.15) is 0 Å². The number of hydrogen-bond acceptors (Lipinski definition) is 3. The highest BCUT2D eigenvalue weighted by molar-refractivity contribution is 6.61. The Hall–Kier alpha value is -0.393. The lowest BCUT2D eigenvalue weighted by atomic mass is 10.1. The van der Waals surface area contributed by atoms with E-state index in [4.69, 9.17) is 24.9 Å². The van der Waals surface area contributed by atoms with Crippen LogP contribution in [0.1, 0.15) is 5.56 Å². The fourth-order valence-electron chi connectivity index (χ4n) is 1.71. The Labute approximate surface area is 109 Å². The molecule has 0 heterocycles. The Kier molecular flexibility index (Phi) is 6.15. The molecule has 5 heteroatoms. The topological polar surface area (TPSA) is 27.7 Å². The van der Waals surface area contributed by atoms with Crippen LogP contribution in [-0.2, 0) is 19.7 Å². The molecule has 0 amide bonds. The summed E-state index contributed by atoms with van der Waals surface area (Å²) in [7, 11) is 2.24. The van der Waals surface area contributed by atoms with Crippen molar-refractivity contribution in [1.82, 2.24) is 0 Å². The van der Waals surface area contributed by atoms with Gasteiger partial charge in [-0.15, -0.1) is 11.6 Å². The van der Waals surface area contributed by atoms with E-state index in [1.807, 2.05) is 18.2 Å². The summed E-state index contributed by atoms with van der Waals surface area (Å²) < 4.78 is 16.1. The lowest BCUT2D eigenvalue weighted by Gasteiger charge is -2.26. The van der Waals surface area contributed by atoms with Gasteiger partial charge >= 0.3 is 8.80 Å². The first-order chi connectivity index (χ1) is 8.15. The molecule has 1 unspecified atom stereocenters. The maximum Gasteiger partial charge on any atom is 0.501 e. The summed E-state index contributed by atoms with van der Waals surface area (Å²) in [5, 5.41) is -0.0519. The van der Waals surface area contributed by atoms with Crippen LogP contribution in [0.4, 0.5) is 0 Å². The molecule has 1 atom stereocenters. The first-order valence-electron chi connectivity index (χ1n) is 5.49. The molecule has 1 aromatic rings. The van der Waals surface area contributed by atoms with Crippen molar-refractivity contribution in [3.05, 3.63) is 35.9 Å². The molecule has 0 N–H and O–H groups in total. The smallest absolute Gasteiger partial charge is 0.377 e. The van der Waals surface area contributed by atoms with Gasteiger partial charge in [-0.25, -0.2) is 0 Å². The summed E-state index contributed by atoms with van der Waals surface area (Å²) in [4.78, 5) is 0. The third-order valence-electron chi connectivity index (χ3n) is 2.70. The minimum atomic E-state index is -2.57. The number of benzene rings is 1. The number of hydrogen-bond donors (Lipinski definition) is 0. The average Bonchev–Trinajstić information content (AvgIpc) is 2.37. The van der Waals surface area contributed by atoms with Gasteiger partial charge in [0, 0.05) is 32.8 Å². The molecular formula is C12H19ClO3Si. The van der Waals surface area contributed by atoms with Crippen LogP contribution in [0.3, 0.4) is 0 Å². The summed E-state index contributed by atoms with van der Waals surface area (Å²) in [6.07, 6.45) is 0.785. The monoisotopic (exact) mass is 274 g/mol. The second kappa shape index (κ2) is 7.13. The fraction of sp³-hybridized carbons (Fsp3) is 0.500. The quantitative estimate of drug-likeness (QED) is 0.565. The average molecular weight is 275 g/mol. The van der Waals surface area contributed by atoms with Crippen molar-refractivity contribution in [2.24, 2.45) is 0 Å². The molecule has 0 bridgehead atoms. The molecule has 0 aliphatic heterocycles. The van der Waals surface area contributed by atoms with Gasteiger partial charge in [-0.05, 0) is 12.0 Å². The molecule has 17 heavy (non-hydrogen) atoms. The van der Waals surface area contributed by atoms with Gasteiger partial charge in [-0.1, -0.05) is 30.3 Å². The van der Waals surface area contributed by atoms with Crippen LogP contribution in [0.25, 0.3) is 0 Å². The van der Waals surface area contributed by atoms with Crippen molar-refractivity contribution in [1.29, 1.82) is 0 Å². The van der Waals surface area contributed by atoms with Gasteiger partial charge in [0.05, 0.1) is 0 Å². The zero-order valence-electron chi connectivity index (χ0n) is 10.5. The molecule has 0 saturated carbocycles. The van der Waals surface area contributed by atoms with Crippen LogP contribution in [0, 0.1) is 0 Å². The molecule has 0 aliphatic carbocycles. The molecule has 1 aromatic carbocycles. The maximum atomic E-state index is 6.33. The number of halogens is 1. The van der Waals surface area contributed by atoms with Crippen molar-refractivity contribution in [3.63, 3.8) is 0 Å². The number of alkyl halides is 1. The molecular weight excluding hydrogens is 256 g/mol. The predicted octanol–water partition coefficient (Wildman–Crippen LogP) is 2.71. The van der Waals surface area contributed by atoms with E-state index in [1.165, 1.54) is 5.56 Å². The van der Waals surface area contributed by atoms with Crippen LogP contribution < -0.4 is 0 Å². The molecule has 0 fully saturated rings. The van der Waals surface area contributed by atoms with Crippen molar-refractivity contribution in [3.8, 4) is 0 Å². The third-order valence-corrected chi connectivity index (χ3v) is 6.13. The summed E-state index contributed by atoms with van der Waals surface area (Å²) in [5.41, 5.74) is 1.21. The molecule has 0 spiro atoms. The lowest BCUT2D eigenvalue weighted by molar-refractivity contribution is 0.123. The van der Waals surface area contributed by atoms with Crippen LogP contribution in [-0.4, -0.2) is 35.5 Å². The van der Waals surface area contributed by atoms with Crippen LogP contribution in [0.15, 0.2) is 30.3 Å². The maximum absolute atomic E-state index is 6.33. The zero-order valence-corrected chi connectivity index (χ0v) is 12.2. The standard InChI is InChI=1S/C12H19ClO3Si/c1-14-17(15-2,16-3)10-12(13)9-11-7-5-4-6-8-11/h4-8,12H,9-10H2,1-3H3. The third kappa shape index (κ3) is 4.41. The van der Waals surface area contributed by atoms with Crippen LogP contribution in [0.2, 0.25) is 6.04 Å². The van der Waals surface area contributed by atoms with Crippen molar-refractivity contribution in [2.45, 2.75) is 17.8 Å². The first kappa shape index (κ1) is 14.7. The summed E-state index contributed by atoms with van der Waals surface area (Å²) in [5.74, 6) is 0. The van der Waals surface area contributed by atoms with Crippen molar-refractivity contribution in [2.75, 3.05) is 21.3 Å². The van der Waals surface area contributed by atoms with E-state index >= 15 is 0 Å². The Bertz CT molecular complexity index is 309. The van der Waals surface area contributed by atoms with E-state index in [0.29, 0.717) is 6.04 Å². The molecule has 1 rings (SSSR count). The molecule has 0 aliphatic rings. The molecule has 3 nitrogen and oxygen atoms in total. The Morgan fingerprint density at radius 3 is 2.06 bits per heavy atom. The summed E-state index contributed by atoms with van der Waals surface area (Å²) in [6.45, 7) is 0. The second-order valence-electron chi connectivity index (χ2n) is 3.79. The highest BCUT2D eigenvalue weighted by Crippen LogP contribution is 2.21. The zero-order chi connectivity index (χ0) is 12.7. The van der Waals surface area contributed by atoms with Crippen LogP contribution in [0.5, 0.6) is 0 Å². The van der Waals surface area contributed by atoms with Gasteiger partial charge in [-0.3, -0.25) is 0 Å². The largest absolute Gasteiger partial charge is 0.501 e. The Morgan fingerprint density at radius 1 is 1.06 bits per heavy atom. The molecule has 0 saturated heterocycles.